The lowest BCUT2D eigenvalue weighted by Crippen LogP contribution is -2.26. The van der Waals surface area contributed by atoms with Gasteiger partial charge >= 0.3 is 5.97 Å². The van der Waals surface area contributed by atoms with Gasteiger partial charge in [0, 0.05) is 46.2 Å². The molecule has 43 heavy (non-hydrogen) atoms. The fourth-order valence-electron chi connectivity index (χ4n) is 5.70. The molecule has 1 amide bonds. The third kappa shape index (κ3) is 6.17. The number of aromatic nitrogens is 4. The number of carboxylic acid groups (broad SMARTS) is 1. The molecular formula is C33H36ClN5O4. The molecular weight excluding hydrogens is 566 g/mol. The van der Waals surface area contributed by atoms with E-state index in [-0.39, 0.29) is 19.0 Å². The predicted molar refractivity (Wildman–Crippen MR) is 168 cm³/mol. The minimum Gasteiger partial charge on any atom is -0.494 e. The van der Waals surface area contributed by atoms with Gasteiger partial charge in [0.15, 0.2) is 0 Å². The van der Waals surface area contributed by atoms with E-state index in [1.807, 2.05) is 63.7 Å². The molecule has 0 aliphatic heterocycles. The maximum absolute atomic E-state index is 13.7. The largest absolute Gasteiger partial charge is 0.494 e. The zero-order valence-corrected chi connectivity index (χ0v) is 25.8. The highest BCUT2D eigenvalue weighted by molar-refractivity contribution is 6.32. The van der Waals surface area contributed by atoms with Crippen molar-refractivity contribution in [2.24, 2.45) is 7.05 Å². The average molecular weight is 602 g/mol. The fraction of sp³-hybridized carbons (Fsp3) is 0.303. The highest BCUT2D eigenvalue weighted by atomic mass is 35.5. The van der Waals surface area contributed by atoms with Gasteiger partial charge in [-0.1, -0.05) is 29.8 Å². The summed E-state index contributed by atoms with van der Waals surface area (Å²) in [5, 5.41) is 18.5. The van der Waals surface area contributed by atoms with Crippen molar-refractivity contribution in [1.29, 1.82) is 0 Å². The Balaban J connectivity index is 1.45. The number of H-pyrrole nitrogens is 1. The van der Waals surface area contributed by atoms with Crippen molar-refractivity contribution in [3.63, 3.8) is 0 Å². The highest BCUT2D eigenvalue weighted by Gasteiger charge is 2.22. The zero-order valence-electron chi connectivity index (χ0n) is 25.0. The van der Waals surface area contributed by atoms with Gasteiger partial charge < -0.3 is 24.7 Å². The second-order valence-corrected chi connectivity index (χ2v) is 11.3. The van der Waals surface area contributed by atoms with Crippen LogP contribution >= 0.6 is 11.6 Å². The van der Waals surface area contributed by atoms with E-state index in [2.05, 4.69) is 21.5 Å². The van der Waals surface area contributed by atoms with Gasteiger partial charge in [-0.25, -0.2) is 0 Å². The van der Waals surface area contributed by atoms with Crippen LogP contribution in [0.3, 0.4) is 0 Å². The molecule has 224 valence electrons. The van der Waals surface area contributed by atoms with Crippen LogP contribution in [0.15, 0.2) is 48.7 Å². The number of aromatic amines is 1. The monoisotopic (exact) mass is 601 g/mol. The first-order chi connectivity index (χ1) is 20.5. The molecule has 3 aromatic heterocycles. The topological polar surface area (TPSA) is 114 Å². The van der Waals surface area contributed by atoms with Crippen LogP contribution in [0.2, 0.25) is 5.02 Å². The standard InChI is InChI=1S/C33H36ClN5O4/c1-19-15-24(16-20(2)30(19)34)43-14-8-12-26-25-10-6-11-27(29-21(3)37-38(5)22(29)4)31(25)36-32(26)33(42)35-17-23-9-7-13-39(23)18-28(40)41/h6-7,9-11,13,15-16,36H,8,12,14,17-18H2,1-5H3,(H,35,42)(H,40,41). The summed E-state index contributed by atoms with van der Waals surface area (Å²) in [5.41, 5.74) is 8.88. The maximum Gasteiger partial charge on any atom is 0.323 e. The Labute approximate surface area is 255 Å². The molecule has 0 atom stereocenters. The Morgan fingerprint density at radius 3 is 2.51 bits per heavy atom. The molecule has 10 heteroatoms. The molecule has 5 aromatic rings. The molecule has 0 spiro atoms. The number of aliphatic carboxylic acids is 1. The van der Waals surface area contributed by atoms with Crippen molar-refractivity contribution in [3.8, 4) is 16.9 Å². The first-order valence-corrected chi connectivity index (χ1v) is 14.6. The fourth-order valence-corrected chi connectivity index (χ4v) is 5.81. The quantitative estimate of drug-likeness (QED) is 0.154. The minimum atomic E-state index is -0.943. The molecule has 0 fully saturated rings. The van der Waals surface area contributed by atoms with Crippen LogP contribution in [0.25, 0.3) is 22.0 Å². The Kier molecular flexibility index (Phi) is 8.64. The van der Waals surface area contributed by atoms with E-state index >= 15 is 0 Å². The van der Waals surface area contributed by atoms with Crippen LogP contribution in [0.5, 0.6) is 5.75 Å². The van der Waals surface area contributed by atoms with Crippen molar-refractivity contribution < 1.29 is 19.4 Å². The van der Waals surface area contributed by atoms with E-state index in [0.717, 1.165) is 60.9 Å². The number of halogens is 1. The lowest BCUT2D eigenvalue weighted by atomic mass is 9.98. The van der Waals surface area contributed by atoms with Crippen molar-refractivity contribution >= 4 is 34.4 Å². The summed E-state index contributed by atoms with van der Waals surface area (Å²) in [7, 11) is 1.93. The number of para-hydroxylation sites is 1. The number of carbonyl (C=O) groups excluding carboxylic acids is 1. The van der Waals surface area contributed by atoms with Crippen LogP contribution in [0.1, 0.15) is 50.7 Å². The number of hydrogen-bond acceptors (Lipinski definition) is 4. The van der Waals surface area contributed by atoms with E-state index in [4.69, 9.17) is 16.3 Å². The van der Waals surface area contributed by atoms with E-state index in [1.54, 1.807) is 22.9 Å². The number of benzene rings is 2. The number of aryl methyl sites for hydroxylation is 5. The number of carbonyl (C=O) groups is 2. The number of ether oxygens (including phenoxy) is 1. The Hall–Kier alpha value is -4.50. The lowest BCUT2D eigenvalue weighted by Gasteiger charge is -2.11. The Morgan fingerprint density at radius 1 is 1.09 bits per heavy atom. The minimum absolute atomic E-state index is 0.171. The van der Waals surface area contributed by atoms with Crippen LogP contribution < -0.4 is 10.1 Å². The summed E-state index contributed by atoms with van der Waals surface area (Å²) < 4.78 is 9.55. The van der Waals surface area contributed by atoms with Crippen LogP contribution in [-0.2, 0) is 31.4 Å². The number of amides is 1. The molecule has 0 saturated carbocycles. The molecule has 0 bridgehead atoms. The first kappa shape index (κ1) is 30.0. The summed E-state index contributed by atoms with van der Waals surface area (Å²) in [5.74, 6) is -0.434. The third-order valence-electron chi connectivity index (χ3n) is 7.86. The van der Waals surface area contributed by atoms with Gasteiger partial charge in [0.2, 0.25) is 0 Å². The van der Waals surface area contributed by atoms with E-state index in [9.17, 15) is 14.7 Å². The zero-order chi connectivity index (χ0) is 30.8. The molecule has 2 aromatic carbocycles. The van der Waals surface area contributed by atoms with Gasteiger partial charge in [0.1, 0.15) is 18.0 Å². The summed E-state index contributed by atoms with van der Waals surface area (Å²) in [6.45, 7) is 8.44. The van der Waals surface area contributed by atoms with Crippen molar-refractivity contribution in [3.05, 3.63) is 93.2 Å². The number of hydrogen-bond donors (Lipinski definition) is 3. The first-order valence-electron chi connectivity index (χ1n) is 14.2. The van der Waals surface area contributed by atoms with Gasteiger partial charge in [-0.05, 0) is 81.5 Å². The average Bonchev–Trinajstić information content (AvgIpc) is 3.63. The smallest absolute Gasteiger partial charge is 0.323 e. The van der Waals surface area contributed by atoms with E-state index in [1.165, 1.54) is 0 Å². The normalized spacial score (nSPS) is 11.3. The van der Waals surface area contributed by atoms with Gasteiger partial charge in [0.05, 0.1) is 24.4 Å². The van der Waals surface area contributed by atoms with Crippen molar-refractivity contribution in [1.82, 2.24) is 24.6 Å². The van der Waals surface area contributed by atoms with Crippen LogP contribution in [-0.4, -0.2) is 42.9 Å². The maximum atomic E-state index is 13.7. The van der Waals surface area contributed by atoms with Crippen molar-refractivity contribution in [2.75, 3.05) is 6.61 Å². The Morgan fingerprint density at radius 2 is 1.84 bits per heavy atom. The van der Waals surface area contributed by atoms with Gasteiger partial charge in [-0.2, -0.15) is 5.10 Å². The molecule has 3 heterocycles. The molecule has 0 aliphatic rings. The second kappa shape index (κ2) is 12.4. The third-order valence-corrected chi connectivity index (χ3v) is 8.45. The summed E-state index contributed by atoms with van der Waals surface area (Å²) in [6, 6.07) is 13.5. The van der Waals surface area contributed by atoms with Crippen LogP contribution in [0.4, 0.5) is 0 Å². The van der Waals surface area contributed by atoms with E-state index in [0.29, 0.717) is 30.8 Å². The number of nitrogens with zero attached hydrogens (tertiary/aromatic N) is 3. The summed E-state index contributed by atoms with van der Waals surface area (Å²) in [4.78, 5) is 28.4. The number of carboxylic acids is 1. The number of fused-ring (bicyclic) bond motifs is 1. The van der Waals surface area contributed by atoms with E-state index < -0.39 is 5.97 Å². The molecule has 0 saturated heterocycles. The summed E-state index contributed by atoms with van der Waals surface area (Å²) in [6.07, 6.45) is 2.99. The van der Waals surface area contributed by atoms with Crippen molar-refractivity contribution in [2.45, 2.75) is 53.6 Å². The Bertz CT molecular complexity index is 1810. The second-order valence-electron chi connectivity index (χ2n) is 10.9. The molecule has 5 rings (SSSR count). The molecule has 3 N–H and O–H groups in total. The molecule has 0 unspecified atom stereocenters. The van der Waals surface area contributed by atoms with Gasteiger partial charge in [-0.3, -0.25) is 14.3 Å². The SMILES string of the molecule is Cc1cc(OCCCc2c(C(=O)NCc3cccn3CC(=O)O)[nH]c3c(-c4c(C)nn(C)c4C)cccc23)cc(C)c1Cl. The molecule has 0 radical (unpaired) electrons. The number of nitrogens with one attached hydrogen (secondary N) is 2. The highest BCUT2D eigenvalue weighted by Crippen LogP contribution is 2.35. The van der Waals surface area contributed by atoms with Gasteiger partial charge in [-0.15, -0.1) is 0 Å². The number of rotatable bonds is 11. The van der Waals surface area contributed by atoms with Gasteiger partial charge in [0.25, 0.3) is 5.91 Å². The predicted octanol–water partition coefficient (Wildman–Crippen LogP) is 6.28. The molecule has 0 aliphatic carbocycles. The molecule has 9 nitrogen and oxygen atoms in total. The lowest BCUT2D eigenvalue weighted by molar-refractivity contribution is -0.137. The van der Waals surface area contributed by atoms with Crippen LogP contribution in [0, 0.1) is 27.7 Å². The summed E-state index contributed by atoms with van der Waals surface area (Å²) >= 11 is 6.32.